The predicted octanol–water partition coefficient (Wildman–Crippen LogP) is 4.14. The van der Waals surface area contributed by atoms with E-state index in [1.807, 2.05) is 30.1 Å². The lowest BCUT2D eigenvalue weighted by Gasteiger charge is -2.24. The van der Waals surface area contributed by atoms with E-state index in [4.69, 9.17) is 9.84 Å². The minimum Gasteiger partial charge on any atom is -0.463 e. The molecule has 24 heavy (non-hydrogen) atoms. The summed E-state index contributed by atoms with van der Waals surface area (Å²) in [5.74, 6) is -0.327. The van der Waals surface area contributed by atoms with Crippen molar-refractivity contribution >= 4 is 11.7 Å². The van der Waals surface area contributed by atoms with Crippen molar-refractivity contribution < 1.29 is 9.53 Å². The summed E-state index contributed by atoms with van der Waals surface area (Å²) in [4.78, 5) is 11.8. The second-order valence-electron chi connectivity index (χ2n) is 5.88. The number of ether oxygens (including phenoxy) is 1. The Morgan fingerprint density at radius 2 is 2.17 bits per heavy atom. The molecule has 0 saturated heterocycles. The Morgan fingerprint density at radius 3 is 2.83 bits per heavy atom. The lowest BCUT2D eigenvalue weighted by Crippen LogP contribution is -2.18. The third-order valence-corrected chi connectivity index (χ3v) is 4.21. The van der Waals surface area contributed by atoms with Gasteiger partial charge in [0.05, 0.1) is 18.4 Å². The van der Waals surface area contributed by atoms with Crippen molar-refractivity contribution in [1.29, 1.82) is 0 Å². The molecule has 0 fully saturated rings. The van der Waals surface area contributed by atoms with Crippen LogP contribution < -0.4 is 0 Å². The Morgan fingerprint density at radius 1 is 1.38 bits per heavy atom. The Hall–Kier alpha value is -2.62. The smallest absolute Gasteiger partial charge is 0.332 e. The monoisotopic (exact) mass is 322 g/mol. The van der Waals surface area contributed by atoms with E-state index in [1.54, 1.807) is 6.92 Å². The zero-order valence-corrected chi connectivity index (χ0v) is 14.1. The minimum atomic E-state index is -0.327. The summed E-state index contributed by atoms with van der Waals surface area (Å²) in [6.45, 7) is 4.08. The number of hydrazone groups is 1. The summed E-state index contributed by atoms with van der Waals surface area (Å²) in [6, 6.07) is 10.4. The van der Waals surface area contributed by atoms with Crippen LogP contribution in [0.2, 0.25) is 0 Å². The van der Waals surface area contributed by atoms with Gasteiger partial charge in [0.15, 0.2) is 0 Å². The van der Waals surface area contributed by atoms with E-state index in [9.17, 15) is 4.79 Å². The van der Waals surface area contributed by atoms with Crippen molar-refractivity contribution in [1.82, 2.24) is 5.01 Å². The lowest BCUT2D eigenvalue weighted by molar-refractivity contribution is -0.137. The summed E-state index contributed by atoms with van der Waals surface area (Å²) >= 11 is 0. The second kappa shape index (κ2) is 7.30. The fourth-order valence-corrected chi connectivity index (χ4v) is 3.05. The molecule has 0 radical (unpaired) electrons. The van der Waals surface area contributed by atoms with Gasteiger partial charge >= 0.3 is 5.97 Å². The quantitative estimate of drug-likeness (QED) is 0.604. The largest absolute Gasteiger partial charge is 0.463 e. The van der Waals surface area contributed by atoms with Crippen LogP contribution in [0, 0.1) is 0 Å². The molecule has 1 aromatic rings. The molecular formula is C20H22N2O2. The van der Waals surface area contributed by atoms with Crippen LogP contribution in [0.5, 0.6) is 0 Å². The van der Waals surface area contributed by atoms with Crippen LogP contribution in [0.4, 0.5) is 0 Å². The fraction of sp³-hybridized carbons (Fsp3) is 0.300. The van der Waals surface area contributed by atoms with E-state index in [0.29, 0.717) is 6.61 Å². The zero-order chi connectivity index (χ0) is 16.9. The van der Waals surface area contributed by atoms with Gasteiger partial charge in [-0.2, -0.15) is 5.10 Å². The molecule has 1 unspecified atom stereocenters. The first-order valence-corrected chi connectivity index (χ1v) is 8.32. The first-order chi connectivity index (χ1) is 11.7. The molecule has 0 amide bonds. The Bertz CT molecular complexity index is 729. The maximum absolute atomic E-state index is 11.8. The van der Waals surface area contributed by atoms with E-state index >= 15 is 0 Å². The maximum Gasteiger partial charge on any atom is 0.332 e. The topological polar surface area (TPSA) is 41.9 Å². The van der Waals surface area contributed by atoms with Crippen molar-refractivity contribution in [2.75, 3.05) is 6.61 Å². The standard InChI is InChI=1S/C20H22N2O2/c1-3-24-20(23)13-15(2)22-19(17-11-5-4-6-12-17)14-18(21-22)16-9-7-8-10-16/h4-9,11-13,19H,3,10,14H2,1-2H3/b15-13-. The summed E-state index contributed by atoms with van der Waals surface area (Å²) in [7, 11) is 0. The molecule has 0 aromatic heterocycles. The number of allylic oxidation sites excluding steroid dienone is 5. The van der Waals surface area contributed by atoms with Gasteiger partial charge in [0, 0.05) is 18.2 Å². The molecule has 0 saturated carbocycles. The van der Waals surface area contributed by atoms with Gasteiger partial charge in [-0.25, -0.2) is 4.79 Å². The summed E-state index contributed by atoms with van der Waals surface area (Å²) in [5, 5.41) is 6.75. The fourth-order valence-electron chi connectivity index (χ4n) is 3.05. The van der Waals surface area contributed by atoms with Gasteiger partial charge in [0.1, 0.15) is 0 Å². The molecule has 1 aliphatic carbocycles. The van der Waals surface area contributed by atoms with Crippen LogP contribution in [-0.2, 0) is 9.53 Å². The van der Waals surface area contributed by atoms with Crippen molar-refractivity contribution in [3.05, 3.63) is 71.5 Å². The van der Waals surface area contributed by atoms with E-state index in [2.05, 4.69) is 30.4 Å². The average molecular weight is 322 g/mol. The molecule has 4 nitrogen and oxygen atoms in total. The van der Waals surface area contributed by atoms with Gasteiger partial charge < -0.3 is 4.74 Å². The molecule has 1 atom stereocenters. The molecular weight excluding hydrogens is 300 g/mol. The van der Waals surface area contributed by atoms with Gasteiger partial charge in [-0.1, -0.05) is 48.6 Å². The predicted molar refractivity (Wildman–Crippen MR) is 95.3 cm³/mol. The highest BCUT2D eigenvalue weighted by Gasteiger charge is 2.30. The molecule has 0 spiro atoms. The molecule has 124 valence electrons. The Labute approximate surface area is 142 Å². The van der Waals surface area contributed by atoms with Gasteiger partial charge in [-0.05, 0) is 31.4 Å². The molecule has 3 rings (SSSR count). The number of carbonyl (C=O) groups is 1. The number of esters is 1. The van der Waals surface area contributed by atoms with E-state index in [1.165, 1.54) is 17.2 Å². The van der Waals surface area contributed by atoms with Crippen molar-refractivity contribution in [2.24, 2.45) is 5.10 Å². The Balaban J connectivity index is 1.89. The van der Waals surface area contributed by atoms with Crippen LogP contribution in [0.1, 0.15) is 38.3 Å². The first kappa shape index (κ1) is 16.2. The highest BCUT2D eigenvalue weighted by atomic mass is 16.5. The molecule has 1 aliphatic heterocycles. The van der Waals surface area contributed by atoms with Crippen LogP contribution in [-0.4, -0.2) is 23.3 Å². The number of hydrogen-bond acceptors (Lipinski definition) is 4. The normalized spacial score (nSPS) is 20.2. The summed E-state index contributed by atoms with van der Waals surface area (Å²) in [6.07, 6.45) is 9.61. The van der Waals surface area contributed by atoms with Gasteiger partial charge in [0.25, 0.3) is 0 Å². The van der Waals surface area contributed by atoms with Crippen LogP contribution in [0.25, 0.3) is 0 Å². The van der Waals surface area contributed by atoms with Crippen molar-refractivity contribution in [2.45, 2.75) is 32.7 Å². The van der Waals surface area contributed by atoms with Crippen LogP contribution in [0.15, 0.2) is 71.0 Å². The second-order valence-corrected chi connectivity index (χ2v) is 5.88. The third kappa shape index (κ3) is 3.48. The number of nitrogens with zero attached hydrogens (tertiary/aromatic N) is 2. The van der Waals surface area contributed by atoms with Crippen LogP contribution in [0.3, 0.4) is 0 Å². The third-order valence-electron chi connectivity index (χ3n) is 4.21. The maximum atomic E-state index is 11.8. The molecule has 2 aliphatic rings. The first-order valence-electron chi connectivity index (χ1n) is 8.32. The Kier molecular flexibility index (Phi) is 4.94. The zero-order valence-electron chi connectivity index (χ0n) is 14.1. The number of hydrogen-bond donors (Lipinski definition) is 0. The molecule has 1 aromatic carbocycles. The van der Waals surface area contributed by atoms with Gasteiger partial charge in [-0.15, -0.1) is 0 Å². The highest BCUT2D eigenvalue weighted by Crippen LogP contribution is 2.36. The summed E-state index contributed by atoms with van der Waals surface area (Å²) in [5.41, 5.74) is 4.33. The lowest BCUT2D eigenvalue weighted by atomic mass is 9.98. The van der Waals surface area contributed by atoms with Crippen molar-refractivity contribution in [3.63, 3.8) is 0 Å². The highest BCUT2D eigenvalue weighted by molar-refractivity contribution is 6.02. The summed E-state index contributed by atoms with van der Waals surface area (Å²) < 4.78 is 5.03. The van der Waals surface area contributed by atoms with Crippen molar-refractivity contribution in [3.8, 4) is 0 Å². The molecule has 0 bridgehead atoms. The van der Waals surface area contributed by atoms with E-state index < -0.39 is 0 Å². The van der Waals surface area contributed by atoms with Gasteiger partial charge in [-0.3, -0.25) is 5.01 Å². The average Bonchev–Trinajstić information content (AvgIpc) is 3.25. The number of carbonyl (C=O) groups excluding carboxylic acids is 1. The van der Waals surface area contributed by atoms with E-state index in [0.717, 1.165) is 24.3 Å². The number of rotatable bonds is 5. The van der Waals surface area contributed by atoms with Gasteiger partial charge in [0.2, 0.25) is 0 Å². The SMILES string of the molecule is CCOC(=O)/C=C(/C)N1N=C(C2=CC=CC2)CC1c1ccccc1. The molecule has 0 N–H and O–H groups in total. The molecule has 1 heterocycles. The molecule has 4 heteroatoms. The van der Waals surface area contributed by atoms with E-state index in [-0.39, 0.29) is 12.0 Å². The minimum absolute atomic E-state index is 0.105. The number of benzene rings is 1. The van der Waals surface area contributed by atoms with Crippen LogP contribution >= 0.6 is 0 Å².